The molecule has 0 aliphatic carbocycles. The minimum atomic E-state index is -4.53. The SMILES string of the molecule is CC(SC(c1ccccc1)c1ccccc1)C(=O)Nc1ccccc1C(F)(F)F. The van der Waals surface area contributed by atoms with E-state index in [1.54, 1.807) is 6.92 Å². The third-order valence-electron chi connectivity index (χ3n) is 4.40. The lowest BCUT2D eigenvalue weighted by Gasteiger charge is -2.22. The van der Waals surface area contributed by atoms with Crippen LogP contribution >= 0.6 is 11.8 Å². The predicted octanol–water partition coefficient (Wildman–Crippen LogP) is 6.56. The fourth-order valence-electron chi connectivity index (χ4n) is 2.94. The number of carbonyl (C=O) groups is 1. The Balaban J connectivity index is 1.80. The van der Waals surface area contributed by atoms with Gasteiger partial charge in [0.1, 0.15) is 0 Å². The maximum atomic E-state index is 13.2. The first-order chi connectivity index (χ1) is 13.9. The molecule has 0 radical (unpaired) electrons. The molecule has 0 heterocycles. The van der Waals surface area contributed by atoms with E-state index in [0.29, 0.717) is 0 Å². The highest BCUT2D eigenvalue weighted by molar-refractivity contribution is 8.01. The van der Waals surface area contributed by atoms with E-state index in [0.717, 1.165) is 17.2 Å². The molecule has 29 heavy (non-hydrogen) atoms. The summed E-state index contributed by atoms with van der Waals surface area (Å²) >= 11 is 1.40. The van der Waals surface area contributed by atoms with Crippen molar-refractivity contribution in [3.8, 4) is 0 Å². The van der Waals surface area contributed by atoms with E-state index in [1.165, 1.54) is 30.0 Å². The molecule has 150 valence electrons. The molecule has 0 aliphatic heterocycles. The summed E-state index contributed by atoms with van der Waals surface area (Å²) in [6, 6.07) is 24.5. The van der Waals surface area contributed by atoms with Crippen molar-refractivity contribution >= 4 is 23.4 Å². The van der Waals surface area contributed by atoms with Crippen LogP contribution in [0.3, 0.4) is 0 Å². The fraction of sp³-hybridized carbons (Fsp3) is 0.174. The molecule has 0 saturated carbocycles. The topological polar surface area (TPSA) is 29.1 Å². The summed E-state index contributed by atoms with van der Waals surface area (Å²) in [5.41, 5.74) is 0.972. The van der Waals surface area contributed by atoms with Crippen molar-refractivity contribution in [2.24, 2.45) is 0 Å². The number of hydrogen-bond acceptors (Lipinski definition) is 2. The monoisotopic (exact) mass is 415 g/mol. The zero-order valence-corrected chi connectivity index (χ0v) is 16.5. The summed E-state index contributed by atoms with van der Waals surface area (Å²) in [6.45, 7) is 1.70. The summed E-state index contributed by atoms with van der Waals surface area (Å²) in [5.74, 6) is -0.469. The van der Waals surface area contributed by atoms with Gasteiger partial charge in [0.05, 0.1) is 21.8 Å². The second-order valence-corrected chi connectivity index (χ2v) is 7.96. The molecule has 1 unspecified atom stereocenters. The van der Waals surface area contributed by atoms with Gasteiger partial charge >= 0.3 is 6.18 Å². The van der Waals surface area contributed by atoms with Crippen LogP contribution in [0.5, 0.6) is 0 Å². The number of halogens is 3. The Bertz CT molecular complexity index is 906. The van der Waals surface area contributed by atoms with E-state index in [4.69, 9.17) is 0 Å². The second kappa shape index (κ2) is 9.18. The van der Waals surface area contributed by atoms with Gasteiger partial charge in [-0.15, -0.1) is 11.8 Å². The van der Waals surface area contributed by atoms with Crippen molar-refractivity contribution in [3.63, 3.8) is 0 Å². The van der Waals surface area contributed by atoms with Gasteiger partial charge in [-0.1, -0.05) is 72.8 Å². The highest BCUT2D eigenvalue weighted by Crippen LogP contribution is 2.39. The van der Waals surface area contributed by atoms with E-state index in [2.05, 4.69) is 5.32 Å². The number of carbonyl (C=O) groups excluding carboxylic acids is 1. The molecule has 1 N–H and O–H groups in total. The van der Waals surface area contributed by atoms with Crippen molar-refractivity contribution in [2.75, 3.05) is 5.32 Å². The van der Waals surface area contributed by atoms with Crippen LogP contribution in [0, 0.1) is 0 Å². The van der Waals surface area contributed by atoms with Crippen LogP contribution < -0.4 is 5.32 Å². The van der Waals surface area contributed by atoms with Crippen molar-refractivity contribution in [1.82, 2.24) is 0 Å². The smallest absolute Gasteiger partial charge is 0.325 e. The lowest BCUT2D eigenvalue weighted by Crippen LogP contribution is -2.25. The summed E-state index contributed by atoms with van der Waals surface area (Å²) in [5, 5.41) is 1.76. The normalized spacial score (nSPS) is 12.6. The average molecular weight is 415 g/mol. The van der Waals surface area contributed by atoms with Crippen LogP contribution in [0.4, 0.5) is 18.9 Å². The van der Waals surface area contributed by atoms with E-state index in [-0.39, 0.29) is 10.9 Å². The molecule has 6 heteroatoms. The first-order valence-corrected chi connectivity index (χ1v) is 10.0. The number of anilines is 1. The maximum Gasteiger partial charge on any atom is 0.418 e. The molecule has 0 fully saturated rings. The number of nitrogens with one attached hydrogen (secondary N) is 1. The van der Waals surface area contributed by atoms with Crippen molar-refractivity contribution in [2.45, 2.75) is 23.6 Å². The van der Waals surface area contributed by atoms with Gasteiger partial charge in [-0.25, -0.2) is 0 Å². The second-order valence-electron chi connectivity index (χ2n) is 6.51. The van der Waals surface area contributed by atoms with Gasteiger partial charge in [0, 0.05) is 0 Å². The van der Waals surface area contributed by atoms with E-state index < -0.39 is 22.9 Å². The number of amides is 1. The first kappa shape index (κ1) is 21.0. The Kier molecular flexibility index (Phi) is 6.64. The van der Waals surface area contributed by atoms with Gasteiger partial charge in [-0.2, -0.15) is 13.2 Å². The number of para-hydroxylation sites is 1. The van der Waals surface area contributed by atoms with Crippen LogP contribution in [-0.2, 0) is 11.0 Å². The summed E-state index contributed by atoms with van der Waals surface area (Å²) < 4.78 is 39.6. The molecule has 0 aliphatic rings. The number of hydrogen-bond donors (Lipinski definition) is 1. The third kappa shape index (κ3) is 5.41. The van der Waals surface area contributed by atoms with Crippen LogP contribution in [-0.4, -0.2) is 11.2 Å². The molecule has 2 nitrogen and oxygen atoms in total. The van der Waals surface area contributed by atoms with Gasteiger partial charge < -0.3 is 5.32 Å². The minimum absolute atomic E-state index is 0.115. The highest BCUT2D eigenvalue weighted by Gasteiger charge is 2.34. The van der Waals surface area contributed by atoms with E-state index >= 15 is 0 Å². The molecule has 0 aromatic heterocycles. The quantitative estimate of drug-likeness (QED) is 0.494. The Labute approximate surface area is 172 Å². The standard InChI is InChI=1S/C23H20F3NOS/c1-16(22(28)27-20-15-9-8-14-19(20)23(24,25)26)29-21(17-10-4-2-5-11-17)18-12-6-3-7-13-18/h2-16,21H,1H3,(H,27,28). The number of alkyl halides is 3. The van der Waals surface area contributed by atoms with Gasteiger partial charge in [-0.3, -0.25) is 4.79 Å². The Hall–Kier alpha value is -2.73. The molecule has 0 bridgehead atoms. The molecule has 3 rings (SSSR count). The average Bonchev–Trinajstić information content (AvgIpc) is 2.72. The van der Waals surface area contributed by atoms with Crippen molar-refractivity contribution in [1.29, 1.82) is 0 Å². The molecule has 1 amide bonds. The molecular formula is C23H20F3NOS. The highest BCUT2D eigenvalue weighted by atomic mass is 32.2. The van der Waals surface area contributed by atoms with Crippen LogP contribution in [0.15, 0.2) is 84.9 Å². The van der Waals surface area contributed by atoms with E-state index in [9.17, 15) is 18.0 Å². The Morgan fingerprint density at radius 3 is 1.83 bits per heavy atom. The molecule has 3 aromatic carbocycles. The molecule has 0 saturated heterocycles. The van der Waals surface area contributed by atoms with Gasteiger partial charge in [0.25, 0.3) is 0 Å². The summed E-state index contributed by atoms with van der Waals surface area (Å²) in [4.78, 5) is 12.7. The van der Waals surface area contributed by atoms with Gasteiger partial charge in [-0.05, 0) is 30.2 Å². The zero-order chi connectivity index (χ0) is 20.9. The molecule has 0 spiro atoms. The Morgan fingerprint density at radius 2 is 1.31 bits per heavy atom. The first-order valence-electron chi connectivity index (χ1n) is 9.08. The number of rotatable bonds is 6. The largest absolute Gasteiger partial charge is 0.418 e. The predicted molar refractivity (Wildman–Crippen MR) is 112 cm³/mol. The lowest BCUT2D eigenvalue weighted by molar-refractivity contribution is -0.137. The lowest BCUT2D eigenvalue weighted by atomic mass is 10.0. The molecule has 3 aromatic rings. The van der Waals surface area contributed by atoms with E-state index in [1.807, 2.05) is 60.7 Å². The van der Waals surface area contributed by atoms with Crippen molar-refractivity contribution < 1.29 is 18.0 Å². The summed E-state index contributed by atoms with van der Waals surface area (Å²) in [6.07, 6.45) is -4.53. The fourth-order valence-corrected chi connectivity index (χ4v) is 4.16. The molecule has 1 atom stereocenters. The van der Waals surface area contributed by atoms with Gasteiger partial charge in [0.2, 0.25) is 5.91 Å². The minimum Gasteiger partial charge on any atom is -0.325 e. The van der Waals surface area contributed by atoms with Crippen molar-refractivity contribution in [3.05, 3.63) is 102 Å². The third-order valence-corrected chi connectivity index (χ3v) is 5.84. The number of thioether (sulfide) groups is 1. The van der Waals surface area contributed by atoms with Crippen LogP contribution in [0.1, 0.15) is 28.9 Å². The van der Waals surface area contributed by atoms with Gasteiger partial charge in [0.15, 0.2) is 0 Å². The maximum absolute atomic E-state index is 13.2. The zero-order valence-electron chi connectivity index (χ0n) is 15.7. The van der Waals surface area contributed by atoms with Crippen LogP contribution in [0.2, 0.25) is 0 Å². The number of benzene rings is 3. The van der Waals surface area contributed by atoms with Crippen LogP contribution in [0.25, 0.3) is 0 Å². The molecular weight excluding hydrogens is 395 g/mol. The Morgan fingerprint density at radius 1 is 0.828 bits per heavy atom. The summed E-state index contributed by atoms with van der Waals surface area (Å²) in [7, 11) is 0.